The number of pyridine rings is 1. The normalized spacial score (nSPS) is 14.4. The Labute approximate surface area is 161 Å². The minimum Gasteiger partial charge on any atom is -0.339 e. The molecule has 1 amide bonds. The monoisotopic (exact) mass is 380 g/mol. The molecular formula is C19H20N6OS. The average molecular weight is 380 g/mol. The van der Waals surface area contributed by atoms with E-state index in [-0.39, 0.29) is 5.91 Å². The van der Waals surface area contributed by atoms with E-state index in [0.29, 0.717) is 19.5 Å². The lowest BCUT2D eigenvalue weighted by molar-refractivity contribution is -0.130. The van der Waals surface area contributed by atoms with Crippen LogP contribution in [0.4, 0.5) is 5.95 Å². The molecule has 138 valence electrons. The topological polar surface area (TPSA) is 75.1 Å². The van der Waals surface area contributed by atoms with Crippen LogP contribution < -0.4 is 4.90 Å². The first kappa shape index (κ1) is 17.5. The van der Waals surface area contributed by atoms with Gasteiger partial charge in [0.2, 0.25) is 11.9 Å². The van der Waals surface area contributed by atoms with Crippen molar-refractivity contribution < 1.29 is 4.79 Å². The van der Waals surface area contributed by atoms with Crippen molar-refractivity contribution in [1.29, 1.82) is 0 Å². The molecule has 3 aromatic heterocycles. The summed E-state index contributed by atoms with van der Waals surface area (Å²) in [5, 5.41) is 0.863. The van der Waals surface area contributed by atoms with Gasteiger partial charge in [-0.2, -0.15) is 0 Å². The molecular weight excluding hydrogens is 360 g/mol. The zero-order valence-electron chi connectivity index (χ0n) is 15.1. The molecule has 8 heteroatoms. The Kier molecular flexibility index (Phi) is 5.06. The molecule has 4 heterocycles. The number of hydrogen-bond acceptors (Lipinski definition) is 7. The standard InChI is InChI=1S/C19H20N6OS/c1-14-16(27-18(23-14)15-5-2-3-6-20-15)13-17(26)24-9-11-25(12-10-24)19-21-7-4-8-22-19/h2-8H,9-13H2,1H3. The van der Waals surface area contributed by atoms with Crippen LogP contribution in [0.2, 0.25) is 0 Å². The number of anilines is 1. The highest BCUT2D eigenvalue weighted by atomic mass is 32.1. The van der Waals surface area contributed by atoms with Crippen molar-refractivity contribution in [2.75, 3.05) is 31.1 Å². The summed E-state index contributed by atoms with van der Waals surface area (Å²) in [5.74, 6) is 0.867. The van der Waals surface area contributed by atoms with E-state index < -0.39 is 0 Å². The maximum Gasteiger partial charge on any atom is 0.228 e. The van der Waals surface area contributed by atoms with Crippen LogP contribution in [-0.2, 0) is 11.2 Å². The van der Waals surface area contributed by atoms with Gasteiger partial charge in [0.1, 0.15) is 5.01 Å². The first-order valence-corrected chi connectivity index (χ1v) is 9.70. The number of nitrogens with zero attached hydrogens (tertiary/aromatic N) is 6. The van der Waals surface area contributed by atoms with Crippen molar-refractivity contribution in [2.24, 2.45) is 0 Å². The van der Waals surface area contributed by atoms with Crippen molar-refractivity contribution in [2.45, 2.75) is 13.3 Å². The Balaban J connectivity index is 1.38. The van der Waals surface area contributed by atoms with Crippen molar-refractivity contribution in [3.05, 3.63) is 53.4 Å². The molecule has 7 nitrogen and oxygen atoms in total. The molecule has 0 radical (unpaired) electrons. The maximum absolute atomic E-state index is 12.7. The summed E-state index contributed by atoms with van der Waals surface area (Å²) < 4.78 is 0. The van der Waals surface area contributed by atoms with Gasteiger partial charge in [-0.3, -0.25) is 9.78 Å². The van der Waals surface area contributed by atoms with E-state index in [0.717, 1.165) is 40.3 Å². The molecule has 4 rings (SSSR count). The summed E-state index contributed by atoms with van der Waals surface area (Å²) >= 11 is 1.55. The predicted molar refractivity (Wildman–Crippen MR) is 105 cm³/mol. The fourth-order valence-electron chi connectivity index (χ4n) is 3.05. The largest absolute Gasteiger partial charge is 0.339 e. The average Bonchev–Trinajstić information content (AvgIpc) is 3.10. The summed E-state index contributed by atoms with van der Waals surface area (Å²) in [6.07, 6.45) is 5.63. The Morgan fingerprint density at radius 2 is 1.78 bits per heavy atom. The van der Waals surface area contributed by atoms with Crippen LogP contribution in [0.15, 0.2) is 42.9 Å². The van der Waals surface area contributed by atoms with Crippen LogP contribution in [0.25, 0.3) is 10.7 Å². The number of aryl methyl sites for hydroxylation is 1. The molecule has 1 aliphatic rings. The van der Waals surface area contributed by atoms with Gasteiger partial charge in [0.25, 0.3) is 0 Å². The molecule has 0 saturated carbocycles. The zero-order chi connectivity index (χ0) is 18.6. The van der Waals surface area contributed by atoms with E-state index in [4.69, 9.17) is 0 Å². The number of hydrogen-bond donors (Lipinski definition) is 0. The van der Waals surface area contributed by atoms with Crippen LogP contribution in [0, 0.1) is 6.92 Å². The lowest BCUT2D eigenvalue weighted by Crippen LogP contribution is -2.49. The quantitative estimate of drug-likeness (QED) is 0.691. The lowest BCUT2D eigenvalue weighted by atomic mass is 10.2. The predicted octanol–water partition coefficient (Wildman–Crippen LogP) is 2.19. The molecule has 3 aromatic rings. The van der Waals surface area contributed by atoms with E-state index in [1.54, 1.807) is 36.0 Å². The molecule has 0 atom stereocenters. The highest BCUT2D eigenvalue weighted by Gasteiger charge is 2.24. The van der Waals surface area contributed by atoms with Crippen LogP contribution in [0.1, 0.15) is 10.6 Å². The second kappa shape index (κ2) is 7.79. The molecule has 0 bridgehead atoms. The van der Waals surface area contributed by atoms with E-state index in [1.807, 2.05) is 30.0 Å². The number of carbonyl (C=O) groups is 1. The molecule has 0 aromatic carbocycles. The summed E-state index contributed by atoms with van der Waals surface area (Å²) in [7, 11) is 0. The van der Waals surface area contributed by atoms with Gasteiger partial charge in [0.05, 0.1) is 17.8 Å². The van der Waals surface area contributed by atoms with Gasteiger partial charge in [-0.15, -0.1) is 11.3 Å². The number of amides is 1. The number of carbonyl (C=O) groups excluding carboxylic acids is 1. The Morgan fingerprint density at radius 3 is 2.48 bits per heavy atom. The smallest absolute Gasteiger partial charge is 0.228 e. The van der Waals surface area contributed by atoms with Crippen LogP contribution in [-0.4, -0.2) is 56.9 Å². The Bertz CT molecular complexity index is 906. The highest BCUT2D eigenvalue weighted by molar-refractivity contribution is 7.15. The van der Waals surface area contributed by atoms with Gasteiger partial charge in [0, 0.05) is 49.6 Å². The van der Waals surface area contributed by atoms with Crippen LogP contribution in [0.3, 0.4) is 0 Å². The second-order valence-corrected chi connectivity index (χ2v) is 7.42. The highest BCUT2D eigenvalue weighted by Crippen LogP contribution is 2.27. The summed E-state index contributed by atoms with van der Waals surface area (Å²) in [6, 6.07) is 7.57. The number of rotatable bonds is 4. The van der Waals surface area contributed by atoms with Gasteiger partial charge < -0.3 is 9.80 Å². The first-order valence-electron chi connectivity index (χ1n) is 8.88. The molecule has 0 N–H and O–H groups in total. The summed E-state index contributed by atoms with van der Waals surface area (Å²) in [6.45, 7) is 4.81. The van der Waals surface area contributed by atoms with Crippen molar-refractivity contribution in [3.8, 4) is 10.7 Å². The summed E-state index contributed by atoms with van der Waals surface area (Å²) in [4.78, 5) is 35.3. The Hall–Kier alpha value is -2.87. The van der Waals surface area contributed by atoms with Crippen LogP contribution >= 0.6 is 11.3 Å². The zero-order valence-corrected chi connectivity index (χ0v) is 15.9. The fourth-order valence-corrected chi connectivity index (χ4v) is 4.08. The van der Waals surface area contributed by atoms with Crippen molar-refractivity contribution >= 4 is 23.2 Å². The van der Waals surface area contributed by atoms with E-state index >= 15 is 0 Å². The van der Waals surface area contributed by atoms with Crippen molar-refractivity contribution in [1.82, 2.24) is 24.8 Å². The number of thiazole rings is 1. The third kappa shape index (κ3) is 3.95. The lowest BCUT2D eigenvalue weighted by Gasteiger charge is -2.34. The van der Waals surface area contributed by atoms with Gasteiger partial charge in [-0.05, 0) is 25.1 Å². The van der Waals surface area contributed by atoms with E-state index in [9.17, 15) is 4.79 Å². The minimum atomic E-state index is 0.142. The van der Waals surface area contributed by atoms with Gasteiger partial charge in [-0.1, -0.05) is 6.07 Å². The third-order valence-electron chi connectivity index (χ3n) is 4.56. The van der Waals surface area contributed by atoms with E-state index in [1.165, 1.54) is 0 Å². The number of aromatic nitrogens is 4. The number of piperazine rings is 1. The minimum absolute atomic E-state index is 0.142. The second-order valence-electron chi connectivity index (χ2n) is 6.34. The SMILES string of the molecule is Cc1nc(-c2ccccn2)sc1CC(=O)N1CCN(c2ncccn2)CC1. The van der Waals surface area contributed by atoms with Gasteiger partial charge in [-0.25, -0.2) is 15.0 Å². The summed E-state index contributed by atoms with van der Waals surface area (Å²) in [5.41, 5.74) is 1.76. The van der Waals surface area contributed by atoms with Crippen LogP contribution in [0.5, 0.6) is 0 Å². The third-order valence-corrected chi connectivity index (χ3v) is 5.74. The van der Waals surface area contributed by atoms with E-state index in [2.05, 4.69) is 24.8 Å². The van der Waals surface area contributed by atoms with Gasteiger partial charge in [0.15, 0.2) is 0 Å². The fraction of sp³-hybridized carbons (Fsp3) is 0.316. The van der Waals surface area contributed by atoms with Crippen molar-refractivity contribution in [3.63, 3.8) is 0 Å². The maximum atomic E-state index is 12.7. The first-order chi connectivity index (χ1) is 13.2. The molecule has 27 heavy (non-hydrogen) atoms. The molecule has 0 unspecified atom stereocenters. The molecule has 1 fully saturated rings. The van der Waals surface area contributed by atoms with Gasteiger partial charge >= 0.3 is 0 Å². The molecule has 1 aliphatic heterocycles. The molecule has 1 saturated heterocycles. The molecule has 0 spiro atoms. The Morgan fingerprint density at radius 1 is 1.04 bits per heavy atom. The molecule has 0 aliphatic carbocycles.